The number of aryl methyl sites for hydroxylation is 1. The van der Waals surface area contributed by atoms with E-state index in [1.807, 2.05) is 31.2 Å². The molecule has 0 aromatic heterocycles. The van der Waals surface area contributed by atoms with Crippen LogP contribution in [0.1, 0.15) is 25.8 Å². The van der Waals surface area contributed by atoms with Crippen molar-refractivity contribution in [2.45, 2.75) is 33.2 Å². The second kappa shape index (κ2) is 7.78. The number of carbonyl (C=O) groups excluding carboxylic acids is 4. The van der Waals surface area contributed by atoms with Crippen molar-refractivity contribution in [2.24, 2.45) is 5.92 Å². The molecule has 1 heterocycles. The fraction of sp³-hybridized carbons (Fsp3) is 0.412. The molecule has 4 amide bonds. The molecule has 2 rings (SSSR count). The van der Waals surface area contributed by atoms with Gasteiger partial charge in [0, 0.05) is 24.7 Å². The summed E-state index contributed by atoms with van der Waals surface area (Å²) in [4.78, 5) is 48.8. The normalized spacial score (nSPS) is 16.7. The molecule has 3 N–H and O–H groups in total. The second-order valence-corrected chi connectivity index (χ2v) is 6.31. The molecular formula is C17H22N4O4. The number of amides is 4. The summed E-state index contributed by atoms with van der Waals surface area (Å²) >= 11 is 0. The number of hydrazine groups is 1. The Kier molecular flexibility index (Phi) is 5.74. The lowest BCUT2D eigenvalue weighted by Gasteiger charge is -2.17. The molecular weight excluding hydrogens is 324 g/mol. The minimum atomic E-state index is -0.957. The molecule has 1 aliphatic heterocycles. The van der Waals surface area contributed by atoms with Crippen LogP contribution in [0.25, 0.3) is 0 Å². The molecule has 1 aromatic rings. The predicted octanol–water partition coefficient (Wildman–Crippen LogP) is 0.0199. The minimum absolute atomic E-state index is 0.0494. The smallest absolute Gasteiger partial charge is 0.327 e. The lowest BCUT2D eigenvalue weighted by Crippen LogP contribution is -2.51. The highest BCUT2D eigenvalue weighted by atomic mass is 16.2. The van der Waals surface area contributed by atoms with E-state index in [0.717, 1.165) is 11.3 Å². The first-order valence-corrected chi connectivity index (χ1v) is 8.05. The van der Waals surface area contributed by atoms with E-state index in [9.17, 15) is 19.2 Å². The molecule has 0 spiro atoms. The van der Waals surface area contributed by atoms with Crippen LogP contribution >= 0.6 is 0 Å². The van der Waals surface area contributed by atoms with Gasteiger partial charge in [-0.15, -0.1) is 0 Å². The van der Waals surface area contributed by atoms with Crippen LogP contribution in [0.5, 0.6) is 0 Å². The second-order valence-electron chi connectivity index (χ2n) is 6.31. The van der Waals surface area contributed by atoms with Gasteiger partial charge < -0.3 is 10.2 Å². The van der Waals surface area contributed by atoms with Crippen molar-refractivity contribution in [1.29, 1.82) is 0 Å². The number of benzene rings is 1. The summed E-state index contributed by atoms with van der Waals surface area (Å²) in [7, 11) is 0. The van der Waals surface area contributed by atoms with E-state index in [0.29, 0.717) is 0 Å². The molecule has 0 radical (unpaired) electrons. The van der Waals surface area contributed by atoms with Gasteiger partial charge in [0.05, 0.1) is 5.92 Å². The van der Waals surface area contributed by atoms with Gasteiger partial charge in [0.15, 0.2) is 0 Å². The molecule has 0 bridgehead atoms. The summed E-state index contributed by atoms with van der Waals surface area (Å²) in [6.45, 7) is 5.60. The Morgan fingerprint density at radius 1 is 1.08 bits per heavy atom. The van der Waals surface area contributed by atoms with Gasteiger partial charge >= 0.3 is 11.8 Å². The Bertz CT molecular complexity index is 684. The molecule has 8 heteroatoms. The van der Waals surface area contributed by atoms with Crippen molar-refractivity contribution in [3.8, 4) is 0 Å². The van der Waals surface area contributed by atoms with E-state index < -0.39 is 23.6 Å². The molecule has 0 saturated carbocycles. The maximum Gasteiger partial charge on any atom is 0.327 e. The van der Waals surface area contributed by atoms with E-state index in [-0.39, 0.29) is 24.9 Å². The van der Waals surface area contributed by atoms with Gasteiger partial charge in [-0.1, -0.05) is 17.7 Å². The fourth-order valence-electron chi connectivity index (χ4n) is 2.46. The van der Waals surface area contributed by atoms with Gasteiger partial charge in [-0.3, -0.25) is 30.0 Å². The third-order valence-corrected chi connectivity index (χ3v) is 3.77. The van der Waals surface area contributed by atoms with E-state index in [1.54, 1.807) is 13.8 Å². The molecule has 1 atom stereocenters. The lowest BCUT2D eigenvalue weighted by molar-refractivity contribution is -0.141. The summed E-state index contributed by atoms with van der Waals surface area (Å²) in [5.74, 6) is -3.05. The number of rotatable bonds is 3. The van der Waals surface area contributed by atoms with Crippen LogP contribution < -0.4 is 21.1 Å². The molecule has 1 aliphatic rings. The van der Waals surface area contributed by atoms with Gasteiger partial charge in [-0.2, -0.15) is 0 Å². The van der Waals surface area contributed by atoms with E-state index in [1.165, 1.54) is 4.90 Å². The first kappa shape index (κ1) is 18.4. The Hall–Kier alpha value is -2.90. The zero-order chi connectivity index (χ0) is 18.6. The zero-order valence-electron chi connectivity index (χ0n) is 14.5. The van der Waals surface area contributed by atoms with Crippen molar-refractivity contribution in [3.05, 3.63) is 29.8 Å². The molecule has 134 valence electrons. The quantitative estimate of drug-likeness (QED) is 0.530. The zero-order valence-corrected chi connectivity index (χ0v) is 14.5. The summed E-state index contributed by atoms with van der Waals surface area (Å²) in [5.41, 5.74) is 6.07. The fourth-order valence-corrected chi connectivity index (χ4v) is 2.46. The van der Waals surface area contributed by atoms with Crippen molar-refractivity contribution in [2.75, 3.05) is 11.4 Å². The summed E-state index contributed by atoms with van der Waals surface area (Å²) < 4.78 is 0. The predicted molar refractivity (Wildman–Crippen MR) is 91.2 cm³/mol. The molecule has 1 fully saturated rings. The van der Waals surface area contributed by atoms with Crippen molar-refractivity contribution in [3.63, 3.8) is 0 Å². The number of nitrogens with zero attached hydrogens (tertiary/aromatic N) is 1. The lowest BCUT2D eigenvalue weighted by atomic mass is 10.1. The van der Waals surface area contributed by atoms with E-state index >= 15 is 0 Å². The van der Waals surface area contributed by atoms with Crippen LogP contribution in [0.3, 0.4) is 0 Å². The molecule has 0 unspecified atom stereocenters. The van der Waals surface area contributed by atoms with Crippen LogP contribution in [-0.2, 0) is 19.2 Å². The van der Waals surface area contributed by atoms with E-state index in [4.69, 9.17) is 0 Å². The monoisotopic (exact) mass is 346 g/mol. The van der Waals surface area contributed by atoms with Crippen LogP contribution in [-0.4, -0.2) is 36.2 Å². The van der Waals surface area contributed by atoms with Crippen LogP contribution in [0.2, 0.25) is 0 Å². The molecule has 0 aliphatic carbocycles. The Balaban J connectivity index is 1.89. The topological polar surface area (TPSA) is 108 Å². The molecule has 1 saturated heterocycles. The number of hydrogen-bond donors (Lipinski definition) is 3. The average molecular weight is 346 g/mol. The van der Waals surface area contributed by atoms with Gasteiger partial charge in [0.25, 0.3) is 0 Å². The maximum absolute atomic E-state index is 12.1. The first-order chi connectivity index (χ1) is 11.8. The Morgan fingerprint density at radius 2 is 1.72 bits per heavy atom. The molecule has 25 heavy (non-hydrogen) atoms. The summed E-state index contributed by atoms with van der Waals surface area (Å²) in [6, 6.07) is 7.24. The number of carbonyl (C=O) groups is 4. The number of hydrogen-bond acceptors (Lipinski definition) is 4. The van der Waals surface area contributed by atoms with Gasteiger partial charge in [-0.05, 0) is 32.9 Å². The third kappa shape index (κ3) is 4.79. The van der Waals surface area contributed by atoms with Crippen molar-refractivity contribution >= 4 is 29.3 Å². The van der Waals surface area contributed by atoms with Crippen LogP contribution in [0.15, 0.2) is 24.3 Å². The molecule has 1 aromatic carbocycles. The summed E-state index contributed by atoms with van der Waals surface area (Å²) in [5, 5.41) is 2.41. The Labute approximate surface area is 145 Å². The van der Waals surface area contributed by atoms with Crippen LogP contribution in [0, 0.1) is 12.8 Å². The number of nitrogens with one attached hydrogen (secondary N) is 3. The van der Waals surface area contributed by atoms with Crippen LogP contribution in [0.4, 0.5) is 5.69 Å². The van der Waals surface area contributed by atoms with E-state index in [2.05, 4.69) is 16.2 Å². The van der Waals surface area contributed by atoms with Gasteiger partial charge in [-0.25, -0.2) is 0 Å². The highest BCUT2D eigenvalue weighted by Crippen LogP contribution is 2.25. The maximum atomic E-state index is 12.1. The molecule has 8 nitrogen and oxygen atoms in total. The average Bonchev–Trinajstić information content (AvgIpc) is 2.94. The highest BCUT2D eigenvalue weighted by Gasteiger charge is 2.35. The van der Waals surface area contributed by atoms with Gasteiger partial charge in [0.1, 0.15) is 0 Å². The van der Waals surface area contributed by atoms with Gasteiger partial charge in [0.2, 0.25) is 11.8 Å². The van der Waals surface area contributed by atoms with Crippen molar-refractivity contribution < 1.29 is 19.2 Å². The summed E-state index contributed by atoms with van der Waals surface area (Å²) in [6.07, 6.45) is 0.0494. The first-order valence-electron chi connectivity index (χ1n) is 8.05. The largest absolute Gasteiger partial charge is 0.346 e. The third-order valence-electron chi connectivity index (χ3n) is 3.77. The standard InChI is InChI=1S/C17H22N4O4/c1-10(2)18-16(24)17(25)20-19-15(23)12-8-14(22)21(9-12)13-6-4-11(3)5-7-13/h4-7,10,12H,8-9H2,1-3H3,(H,18,24)(H,19,23)(H,20,25)/t12-/m0/s1. The number of anilines is 1. The minimum Gasteiger partial charge on any atom is -0.346 e. The SMILES string of the molecule is Cc1ccc(N2C[C@@H](C(=O)NNC(=O)C(=O)NC(C)C)CC2=O)cc1. The highest BCUT2D eigenvalue weighted by molar-refractivity contribution is 6.35. The Morgan fingerprint density at radius 3 is 2.32 bits per heavy atom. The van der Waals surface area contributed by atoms with Crippen molar-refractivity contribution in [1.82, 2.24) is 16.2 Å².